The summed E-state index contributed by atoms with van der Waals surface area (Å²) in [7, 11) is 1.35. The van der Waals surface area contributed by atoms with Crippen molar-refractivity contribution in [2.75, 3.05) is 20.2 Å². The number of nitriles is 2. The van der Waals surface area contributed by atoms with E-state index >= 15 is 0 Å². The van der Waals surface area contributed by atoms with Gasteiger partial charge in [0.2, 0.25) is 0 Å². The summed E-state index contributed by atoms with van der Waals surface area (Å²) >= 11 is 0. The first-order valence-electron chi connectivity index (χ1n) is 12.2. The van der Waals surface area contributed by atoms with Crippen LogP contribution >= 0.6 is 0 Å². The Kier molecular flexibility index (Phi) is 7.64. The van der Waals surface area contributed by atoms with Crippen LogP contribution in [-0.2, 0) is 4.74 Å². The van der Waals surface area contributed by atoms with Crippen molar-refractivity contribution in [1.29, 1.82) is 10.5 Å². The summed E-state index contributed by atoms with van der Waals surface area (Å²) in [5.74, 6) is -1.33. The highest BCUT2D eigenvalue weighted by molar-refractivity contribution is 5.87. The van der Waals surface area contributed by atoms with Gasteiger partial charge in [-0.15, -0.1) is 0 Å². The number of methoxy groups -OCH3 is 1. The normalized spacial score (nSPS) is 13.2. The maximum absolute atomic E-state index is 14.7. The summed E-state index contributed by atoms with van der Waals surface area (Å²) in [5.41, 5.74) is 1.99. The SMILES string of the molecule is COc1ccc(-c2c(C#N)cc(C3=CCN(C(=O)OC(C)(C)C)CC3)nc2-c2ccc(C#N)c(F)c2)cc1F. The molecule has 0 aliphatic carbocycles. The molecule has 1 aromatic heterocycles. The van der Waals surface area contributed by atoms with Gasteiger partial charge in [-0.25, -0.2) is 18.6 Å². The van der Waals surface area contributed by atoms with E-state index < -0.39 is 23.3 Å². The first-order chi connectivity index (χ1) is 18.5. The van der Waals surface area contributed by atoms with E-state index in [0.717, 1.165) is 5.57 Å². The predicted molar refractivity (Wildman–Crippen MR) is 141 cm³/mol. The topological polar surface area (TPSA) is 99.2 Å². The number of aromatic nitrogens is 1. The van der Waals surface area contributed by atoms with Gasteiger partial charge >= 0.3 is 6.09 Å². The number of hydrogen-bond acceptors (Lipinski definition) is 6. The smallest absolute Gasteiger partial charge is 0.410 e. The van der Waals surface area contributed by atoms with Gasteiger partial charge in [-0.1, -0.05) is 18.2 Å². The molecule has 0 fully saturated rings. The summed E-state index contributed by atoms with van der Waals surface area (Å²) in [5, 5.41) is 19.3. The van der Waals surface area contributed by atoms with E-state index in [0.29, 0.717) is 41.9 Å². The fourth-order valence-electron chi connectivity index (χ4n) is 4.27. The van der Waals surface area contributed by atoms with Crippen LogP contribution in [0.25, 0.3) is 28.0 Å². The lowest BCUT2D eigenvalue weighted by Crippen LogP contribution is -2.39. The summed E-state index contributed by atoms with van der Waals surface area (Å²) in [6, 6.07) is 13.9. The van der Waals surface area contributed by atoms with Gasteiger partial charge in [0.25, 0.3) is 0 Å². The summed E-state index contributed by atoms with van der Waals surface area (Å²) in [6.45, 7) is 6.07. The third kappa shape index (κ3) is 5.89. The molecule has 1 amide bonds. The second-order valence-electron chi connectivity index (χ2n) is 9.95. The quantitative estimate of drug-likeness (QED) is 0.385. The molecule has 3 aromatic rings. The van der Waals surface area contributed by atoms with Gasteiger partial charge in [0, 0.05) is 24.2 Å². The zero-order valence-corrected chi connectivity index (χ0v) is 22.0. The fraction of sp³-hybridized carbons (Fsp3) is 0.267. The van der Waals surface area contributed by atoms with Gasteiger partial charge in [-0.3, -0.25) is 0 Å². The van der Waals surface area contributed by atoms with E-state index in [1.54, 1.807) is 43.9 Å². The fourth-order valence-corrected chi connectivity index (χ4v) is 4.27. The predicted octanol–water partition coefficient (Wildman–Crippen LogP) is 6.47. The van der Waals surface area contributed by atoms with Crippen LogP contribution < -0.4 is 4.74 Å². The Labute approximate surface area is 225 Å². The third-order valence-electron chi connectivity index (χ3n) is 6.13. The molecule has 0 spiro atoms. The van der Waals surface area contributed by atoms with Crippen LogP contribution in [0, 0.1) is 34.3 Å². The maximum Gasteiger partial charge on any atom is 0.410 e. The average Bonchev–Trinajstić information content (AvgIpc) is 2.91. The highest BCUT2D eigenvalue weighted by Gasteiger charge is 2.26. The van der Waals surface area contributed by atoms with Crippen LogP contribution in [0.1, 0.15) is 44.0 Å². The largest absolute Gasteiger partial charge is 0.494 e. The van der Waals surface area contributed by atoms with Gasteiger partial charge in [-0.2, -0.15) is 10.5 Å². The number of hydrogen-bond donors (Lipinski definition) is 0. The van der Waals surface area contributed by atoms with E-state index in [4.69, 9.17) is 19.7 Å². The maximum atomic E-state index is 14.7. The summed E-state index contributed by atoms with van der Waals surface area (Å²) in [6.07, 6.45) is 1.87. The number of carbonyl (C=O) groups excluding carboxylic acids is 1. The number of nitrogens with zero attached hydrogens (tertiary/aromatic N) is 4. The minimum absolute atomic E-state index is 0.0368. The Morgan fingerprint density at radius 2 is 1.69 bits per heavy atom. The molecule has 1 aliphatic rings. The first kappa shape index (κ1) is 27.3. The van der Waals surface area contributed by atoms with E-state index in [-0.39, 0.29) is 22.6 Å². The molecule has 0 radical (unpaired) electrons. The molecule has 0 N–H and O–H groups in total. The number of pyridine rings is 1. The van der Waals surface area contributed by atoms with Crippen LogP contribution in [0.3, 0.4) is 0 Å². The van der Waals surface area contributed by atoms with Crippen LogP contribution in [0.5, 0.6) is 5.75 Å². The number of rotatable bonds is 4. The summed E-state index contributed by atoms with van der Waals surface area (Å²) < 4.78 is 39.8. The second-order valence-corrected chi connectivity index (χ2v) is 9.95. The minimum Gasteiger partial charge on any atom is -0.494 e. The lowest BCUT2D eigenvalue weighted by molar-refractivity contribution is 0.0270. The van der Waals surface area contributed by atoms with Crippen molar-refractivity contribution >= 4 is 11.7 Å². The molecule has 0 unspecified atom stereocenters. The highest BCUT2D eigenvalue weighted by atomic mass is 19.1. The third-order valence-corrected chi connectivity index (χ3v) is 6.13. The minimum atomic E-state index is -0.738. The van der Waals surface area contributed by atoms with Crippen molar-refractivity contribution in [3.05, 3.63) is 77.0 Å². The molecule has 4 rings (SSSR count). The van der Waals surface area contributed by atoms with Crippen molar-refractivity contribution in [3.8, 4) is 40.3 Å². The van der Waals surface area contributed by atoms with Crippen LogP contribution in [-0.4, -0.2) is 41.8 Å². The van der Waals surface area contributed by atoms with Gasteiger partial charge in [0.05, 0.1) is 35.7 Å². The summed E-state index contributed by atoms with van der Waals surface area (Å²) in [4.78, 5) is 18.8. The molecular weight excluding hydrogens is 502 g/mol. The number of benzene rings is 2. The lowest BCUT2D eigenvalue weighted by Gasteiger charge is -2.29. The second kappa shape index (κ2) is 10.9. The van der Waals surface area contributed by atoms with Gasteiger partial charge in [0.1, 0.15) is 17.5 Å². The Morgan fingerprint density at radius 3 is 2.26 bits per heavy atom. The van der Waals surface area contributed by atoms with Crippen molar-refractivity contribution in [3.63, 3.8) is 0 Å². The molecule has 198 valence electrons. The average molecular weight is 529 g/mol. The Bertz CT molecular complexity index is 1560. The molecule has 0 bridgehead atoms. The van der Waals surface area contributed by atoms with Crippen LogP contribution in [0.2, 0.25) is 0 Å². The van der Waals surface area contributed by atoms with Gasteiger partial charge < -0.3 is 14.4 Å². The monoisotopic (exact) mass is 528 g/mol. The molecule has 0 atom stereocenters. The van der Waals surface area contributed by atoms with Crippen LogP contribution in [0.15, 0.2) is 48.5 Å². The molecule has 2 aromatic carbocycles. The van der Waals surface area contributed by atoms with E-state index in [1.165, 1.54) is 37.4 Å². The molecule has 2 heterocycles. The molecule has 39 heavy (non-hydrogen) atoms. The zero-order chi connectivity index (χ0) is 28.3. The number of carbonyl (C=O) groups is 1. The molecule has 7 nitrogen and oxygen atoms in total. The molecular formula is C30H26F2N4O3. The van der Waals surface area contributed by atoms with Crippen LogP contribution in [0.4, 0.5) is 13.6 Å². The number of amides is 1. The Hall–Kier alpha value is -4.76. The molecule has 0 saturated heterocycles. The molecule has 1 aliphatic heterocycles. The Morgan fingerprint density at radius 1 is 1.00 bits per heavy atom. The molecule has 0 saturated carbocycles. The van der Waals surface area contributed by atoms with E-state index in [2.05, 4.69) is 6.07 Å². The standard InChI is InChI=1S/C30H26F2N4O3/c1-30(2,3)39-29(37)36-11-9-18(10-12-36)25-15-22(17-34)27(19-7-8-26(38-4)24(32)13-19)28(35-25)20-5-6-21(16-33)23(31)14-20/h5-9,13-15H,10-12H2,1-4H3. The van der Waals surface area contributed by atoms with Gasteiger partial charge in [-0.05, 0) is 68.7 Å². The van der Waals surface area contributed by atoms with Crippen molar-refractivity contribution < 1.29 is 23.0 Å². The van der Waals surface area contributed by atoms with Gasteiger partial charge in [0.15, 0.2) is 11.6 Å². The van der Waals surface area contributed by atoms with Crippen molar-refractivity contribution in [1.82, 2.24) is 9.88 Å². The molecule has 9 heteroatoms. The number of halogens is 2. The van der Waals surface area contributed by atoms with E-state index in [9.17, 15) is 18.8 Å². The number of ether oxygens (including phenoxy) is 2. The highest BCUT2D eigenvalue weighted by Crippen LogP contribution is 2.38. The Balaban J connectivity index is 1.84. The van der Waals surface area contributed by atoms with Crippen molar-refractivity contribution in [2.24, 2.45) is 0 Å². The van der Waals surface area contributed by atoms with Crippen molar-refractivity contribution in [2.45, 2.75) is 32.8 Å². The zero-order valence-electron chi connectivity index (χ0n) is 22.0. The van der Waals surface area contributed by atoms with E-state index in [1.807, 2.05) is 6.08 Å². The lowest BCUT2D eigenvalue weighted by atomic mass is 9.92. The first-order valence-corrected chi connectivity index (χ1v) is 12.2.